The Morgan fingerprint density at radius 3 is 1.73 bits per heavy atom. The Hall–Kier alpha value is -7.63. The summed E-state index contributed by atoms with van der Waals surface area (Å²) < 4.78 is 141. The second-order valence-electron chi connectivity index (χ2n) is 12.9. The lowest BCUT2D eigenvalue weighted by atomic mass is 9.99. The molecule has 0 amide bonds. The van der Waals surface area contributed by atoms with Crippen LogP contribution in [0, 0.1) is 0 Å². The number of aromatic nitrogens is 4. The first-order valence-corrected chi connectivity index (χ1v) is 17.6. The van der Waals surface area contributed by atoms with Crippen LogP contribution < -0.4 is 0 Å². The molecule has 0 bridgehead atoms. The molecule has 3 heterocycles. The molecule has 11 rings (SSSR count). The predicted octanol–water partition coefficient (Wildman–Crippen LogP) is 13.2. The van der Waals surface area contributed by atoms with Crippen molar-refractivity contribution in [2.45, 2.75) is 0 Å². The minimum absolute atomic E-state index is 0.0369. The molecule has 0 N–H and O–H groups in total. The quantitative estimate of drug-likeness (QED) is 0.171. The SMILES string of the molecule is [2H]c1c([2H])c([2H])c2c(oc3c([2H])c(-c4ccc(-n5c6c([2H])c([2H])c([2H])c([2H])c6c6c([2H])c([2H])c([2H])c([2H])c65)c(-c5nc(-c6ccccc6)nc(-c6cccc(-c7ccccc7)c6)n5)c4)c([2H])c([2H])c32)c1[2H]. The van der Waals surface area contributed by atoms with E-state index in [0.717, 1.165) is 11.1 Å². The highest BCUT2D eigenvalue weighted by Crippen LogP contribution is 2.39. The van der Waals surface area contributed by atoms with Gasteiger partial charge in [0.05, 0.1) is 37.3 Å². The Bertz CT molecular complexity index is 4050. The Morgan fingerprint density at radius 2 is 0.982 bits per heavy atom. The van der Waals surface area contributed by atoms with Gasteiger partial charge < -0.3 is 8.98 Å². The molecule has 11 aromatic rings. The van der Waals surface area contributed by atoms with E-state index in [4.69, 9.17) is 33.1 Å². The molecule has 0 fully saturated rings. The zero-order valence-electron chi connectivity index (χ0n) is 44.0. The number of fused-ring (bicyclic) bond motifs is 6. The Balaban J connectivity index is 1.29. The Labute approximate surface area is 343 Å². The van der Waals surface area contributed by atoms with Crippen molar-refractivity contribution in [3.8, 4) is 62.1 Å². The monoisotopic (exact) mass is 731 g/mol. The standard InChI is InChI=1S/C51H32N4O/c1-3-14-33(15-4-1)35-18-13-19-38(30-35)50-52-49(34-16-5-2-6-17-34)53-51(54-50)43-31-36(37-26-28-42-41-22-9-12-25-47(41)56-48(42)32-37)27-29-46(43)55-44-23-10-7-20-39(44)40-21-8-11-24-45(40)55/h1-32H/i7D,8D,9D,10D,11D,12D,20D,21D,22D,23D,24D,25D,26D,28D,32D. The van der Waals surface area contributed by atoms with Gasteiger partial charge in [-0.15, -0.1) is 0 Å². The molecule has 5 nitrogen and oxygen atoms in total. The molecule has 0 radical (unpaired) electrons. The second kappa shape index (κ2) is 13.0. The van der Waals surface area contributed by atoms with Crippen molar-refractivity contribution in [3.63, 3.8) is 0 Å². The van der Waals surface area contributed by atoms with Crippen molar-refractivity contribution >= 4 is 43.7 Å². The topological polar surface area (TPSA) is 56.7 Å². The fraction of sp³-hybridized carbons (Fsp3) is 0. The number of benzene rings is 8. The molecule has 0 unspecified atom stereocenters. The first-order chi connectivity index (χ1) is 34.0. The van der Waals surface area contributed by atoms with Gasteiger partial charge in [-0.05, 0) is 70.7 Å². The highest BCUT2D eigenvalue weighted by Gasteiger charge is 2.21. The van der Waals surface area contributed by atoms with E-state index in [1.54, 1.807) is 24.3 Å². The number of nitrogens with zero attached hydrogens (tertiary/aromatic N) is 4. The van der Waals surface area contributed by atoms with E-state index in [2.05, 4.69) is 0 Å². The predicted molar refractivity (Wildman–Crippen MR) is 229 cm³/mol. The summed E-state index contributed by atoms with van der Waals surface area (Å²) in [4.78, 5) is 15.0. The van der Waals surface area contributed by atoms with Gasteiger partial charge in [0, 0.05) is 38.2 Å². The van der Waals surface area contributed by atoms with E-state index in [-0.39, 0.29) is 83.6 Å². The van der Waals surface area contributed by atoms with Gasteiger partial charge in [0.15, 0.2) is 17.5 Å². The molecule has 0 saturated carbocycles. The molecule has 0 atom stereocenters. The van der Waals surface area contributed by atoms with E-state index >= 15 is 0 Å². The van der Waals surface area contributed by atoms with Gasteiger partial charge in [-0.1, -0.05) is 145 Å². The van der Waals surface area contributed by atoms with Crippen LogP contribution in [0.1, 0.15) is 20.6 Å². The van der Waals surface area contributed by atoms with E-state index < -0.39 is 90.6 Å². The molecule has 0 spiro atoms. The van der Waals surface area contributed by atoms with Gasteiger partial charge in [0.25, 0.3) is 0 Å². The van der Waals surface area contributed by atoms with Gasteiger partial charge in [0.1, 0.15) is 11.2 Å². The van der Waals surface area contributed by atoms with Crippen LogP contribution in [-0.4, -0.2) is 19.5 Å². The summed E-state index contributed by atoms with van der Waals surface area (Å²) in [5, 5.41) is -0.637. The summed E-state index contributed by atoms with van der Waals surface area (Å²) in [6, 6.07) is 22.5. The molecular formula is C51H32N4O. The van der Waals surface area contributed by atoms with Crippen LogP contribution in [-0.2, 0) is 0 Å². The van der Waals surface area contributed by atoms with E-state index in [1.807, 2.05) is 60.7 Å². The summed E-state index contributed by atoms with van der Waals surface area (Å²) in [7, 11) is 0. The third-order valence-corrected chi connectivity index (χ3v) is 9.58. The van der Waals surface area contributed by atoms with Gasteiger partial charge in [-0.2, -0.15) is 0 Å². The van der Waals surface area contributed by atoms with Gasteiger partial charge in [-0.25, -0.2) is 15.0 Å². The molecular weight excluding hydrogens is 685 g/mol. The van der Waals surface area contributed by atoms with Crippen LogP contribution in [0.4, 0.5) is 0 Å². The average molecular weight is 732 g/mol. The zero-order valence-corrected chi connectivity index (χ0v) is 29.0. The smallest absolute Gasteiger partial charge is 0.166 e. The van der Waals surface area contributed by atoms with Gasteiger partial charge in [0.2, 0.25) is 0 Å². The second-order valence-corrected chi connectivity index (χ2v) is 12.9. The maximum Gasteiger partial charge on any atom is 0.166 e. The number of rotatable bonds is 6. The molecule has 0 aliphatic heterocycles. The summed E-state index contributed by atoms with van der Waals surface area (Å²) in [6.07, 6.45) is 0. The Kier molecular flexibility index (Phi) is 4.70. The third-order valence-electron chi connectivity index (χ3n) is 9.58. The molecule has 0 aliphatic rings. The normalized spacial score (nSPS) is 15.3. The molecule has 56 heavy (non-hydrogen) atoms. The van der Waals surface area contributed by atoms with Crippen LogP contribution in [0.25, 0.3) is 106 Å². The zero-order chi connectivity index (χ0) is 50.1. The molecule has 8 aromatic carbocycles. The largest absolute Gasteiger partial charge is 0.456 e. The van der Waals surface area contributed by atoms with Crippen LogP contribution in [0.5, 0.6) is 0 Å². The maximum absolute atomic E-state index is 9.53. The lowest BCUT2D eigenvalue weighted by molar-refractivity contribution is 0.669. The number of hydrogen-bond donors (Lipinski definition) is 0. The fourth-order valence-electron chi connectivity index (χ4n) is 6.98. The summed E-state index contributed by atoms with van der Waals surface area (Å²) in [5.41, 5.74) is 2.14. The summed E-state index contributed by atoms with van der Waals surface area (Å²) in [5.74, 6) is 0.371. The summed E-state index contributed by atoms with van der Waals surface area (Å²) in [6.45, 7) is 0. The van der Waals surface area contributed by atoms with E-state index in [0.29, 0.717) is 11.1 Å². The molecule has 3 aromatic heterocycles. The van der Waals surface area contributed by atoms with Crippen molar-refractivity contribution in [1.82, 2.24) is 19.5 Å². The van der Waals surface area contributed by atoms with Crippen LogP contribution in [0.3, 0.4) is 0 Å². The lowest BCUT2D eigenvalue weighted by Crippen LogP contribution is -2.04. The minimum Gasteiger partial charge on any atom is -0.456 e. The van der Waals surface area contributed by atoms with Crippen molar-refractivity contribution < 1.29 is 25.0 Å². The highest BCUT2D eigenvalue weighted by molar-refractivity contribution is 6.10. The lowest BCUT2D eigenvalue weighted by Gasteiger charge is -2.16. The van der Waals surface area contributed by atoms with Crippen molar-refractivity contribution in [1.29, 1.82) is 0 Å². The van der Waals surface area contributed by atoms with Crippen LogP contribution >= 0.6 is 0 Å². The number of para-hydroxylation sites is 3. The third kappa shape index (κ3) is 5.37. The molecule has 0 saturated heterocycles. The van der Waals surface area contributed by atoms with Crippen molar-refractivity contribution in [3.05, 3.63) is 194 Å². The van der Waals surface area contributed by atoms with Crippen molar-refractivity contribution in [2.24, 2.45) is 0 Å². The van der Waals surface area contributed by atoms with Crippen molar-refractivity contribution in [2.75, 3.05) is 0 Å². The Morgan fingerprint density at radius 1 is 0.411 bits per heavy atom. The highest BCUT2D eigenvalue weighted by atomic mass is 16.3. The van der Waals surface area contributed by atoms with Gasteiger partial charge in [-0.3, -0.25) is 0 Å². The maximum atomic E-state index is 9.53. The fourth-order valence-corrected chi connectivity index (χ4v) is 6.98. The van der Waals surface area contributed by atoms with Gasteiger partial charge >= 0.3 is 0 Å². The average Bonchev–Trinajstić information content (AvgIpc) is 3.98. The first kappa shape index (κ1) is 20.2. The molecule has 262 valence electrons. The van der Waals surface area contributed by atoms with Crippen LogP contribution in [0.15, 0.2) is 198 Å². The van der Waals surface area contributed by atoms with Crippen LogP contribution in [0.2, 0.25) is 0 Å². The minimum atomic E-state index is -0.631. The summed E-state index contributed by atoms with van der Waals surface area (Å²) >= 11 is 0. The number of hydrogen-bond acceptors (Lipinski definition) is 4. The number of furan rings is 1. The van der Waals surface area contributed by atoms with E-state index in [9.17, 15) is 6.85 Å². The van der Waals surface area contributed by atoms with E-state index in [1.165, 1.54) is 22.8 Å². The first-order valence-electron chi connectivity index (χ1n) is 25.1. The molecule has 0 aliphatic carbocycles. The molecule has 5 heteroatoms.